The number of carbonyl (C=O) groups excluding carboxylic acids is 1. The van der Waals surface area contributed by atoms with Crippen molar-refractivity contribution in [1.29, 1.82) is 0 Å². The number of halogens is 1. The molecule has 2 aromatic rings. The Hall–Kier alpha value is -1.14. The first kappa shape index (κ1) is 11.3. The molecule has 0 atom stereocenters. The zero-order chi connectivity index (χ0) is 11.7. The number of esters is 1. The fourth-order valence-corrected chi connectivity index (χ4v) is 2.65. The van der Waals surface area contributed by atoms with E-state index in [1.807, 2.05) is 12.1 Å². The molecule has 0 amide bonds. The molecule has 0 spiro atoms. The van der Waals surface area contributed by atoms with E-state index in [0.29, 0.717) is 10.8 Å². The number of hydrogen-bond acceptors (Lipinski definition) is 5. The maximum atomic E-state index is 11.3. The van der Waals surface area contributed by atoms with Gasteiger partial charge in [0.1, 0.15) is 5.75 Å². The van der Waals surface area contributed by atoms with E-state index in [-0.39, 0.29) is 0 Å². The highest BCUT2D eigenvalue weighted by molar-refractivity contribution is 9.10. The molecule has 0 aliphatic rings. The van der Waals surface area contributed by atoms with Crippen molar-refractivity contribution in [1.82, 2.24) is 4.98 Å². The van der Waals surface area contributed by atoms with E-state index in [1.54, 1.807) is 7.11 Å². The van der Waals surface area contributed by atoms with Crippen LogP contribution in [0.5, 0.6) is 5.75 Å². The third-order valence-corrected chi connectivity index (χ3v) is 3.64. The average molecular weight is 302 g/mol. The molecule has 1 aromatic carbocycles. The summed E-state index contributed by atoms with van der Waals surface area (Å²) in [4.78, 5) is 15.5. The highest BCUT2D eigenvalue weighted by Crippen LogP contribution is 2.33. The summed E-state index contributed by atoms with van der Waals surface area (Å²) in [6.07, 6.45) is 0. The number of hydrogen-bond donors (Lipinski definition) is 0. The number of aromatic nitrogens is 1. The van der Waals surface area contributed by atoms with Crippen molar-refractivity contribution in [2.45, 2.75) is 0 Å². The van der Waals surface area contributed by atoms with Crippen LogP contribution in [0.1, 0.15) is 9.80 Å². The topological polar surface area (TPSA) is 48.4 Å². The van der Waals surface area contributed by atoms with Gasteiger partial charge in [0.05, 0.1) is 28.9 Å². The minimum atomic E-state index is -0.420. The van der Waals surface area contributed by atoms with Crippen LogP contribution < -0.4 is 4.74 Å². The van der Waals surface area contributed by atoms with Crippen molar-refractivity contribution < 1.29 is 14.3 Å². The van der Waals surface area contributed by atoms with Crippen LogP contribution in [0.3, 0.4) is 0 Å². The third-order valence-electron chi connectivity index (χ3n) is 2.02. The van der Waals surface area contributed by atoms with Crippen LogP contribution >= 0.6 is 27.3 Å². The number of fused-ring (bicyclic) bond motifs is 1. The molecule has 0 saturated heterocycles. The summed E-state index contributed by atoms with van der Waals surface area (Å²) in [6, 6.07) is 3.65. The maximum Gasteiger partial charge on any atom is 0.367 e. The van der Waals surface area contributed by atoms with Gasteiger partial charge >= 0.3 is 5.97 Å². The Balaban J connectivity index is 2.58. The molecule has 84 valence electrons. The van der Waals surface area contributed by atoms with E-state index in [2.05, 4.69) is 25.7 Å². The first-order valence-corrected chi connectivity index (χ1v) is 5.99. The molecule has 0 N–H and O–H groups in total. The Kier molecular flexibility index (Phi) is 3.11. The maximum absolute atomic E-state index is 11.3. The quantitative estimate of drug-likeness (QED) is 0.800. The zero-order valence-electron chi connectivity index (χ0n) is 8.61. The second-order valence-corrected chi connectivity index (χ2v) is 4.85. The molecule has 4 nitrogen and oxygen atoms in total. The van der Waals surface area contributed by atoms with Crippen LogP contribution in [-0.2, 0) is 4.74 Å². The monoisotopic (exact) mass is 301 g/mol. The Morgan fingerprint density at radius 2 is 2.19 bits per heavy atom. The van der Waals surface area contributed by atoms with Gasteiger partial charge in [-0.3, -0.25) is 0 Å². The molecule has 1 aromatic heterocycles. The number of thiazole rings is 1. The Labute approximate surface area is 104 Å². The predicted molar refractivity (Wildman–Crippen MR) is 65.2 cm³/mol. The Morgan fingerprint density at radius 1 is 1.44 bits per heavy atom. The molecule has 0 fully saturated rings. The summed E-state index contributed by atoms with van der Waals surface area (Å²) < 4.78 is 11.5. The van der Waals surface area contributed by atoms with Gasteiger partial charge in [-0.2, -0.15) is 0 Å². The highest BCUT2D eigenvalue weighted by Gasteiger charge is 2.14. The van der Waals surface area contributed by atoms with E-state index in [1.165, 1.54) is 18.4 Å². The molecule has 0 unspecified atom stereocenters. The van der Waals surface area contributed by atoms with Crippen molar-refractivity contribution in [2.24, 2.45) is 0 Å². The van der Waals surface area contributed by atoms with E-state index in [9.17, 15) is 4.79 Å². The fourth-order valence-electron chi connectivity index (χ4n) is 1.26. The number of methoxy groups -OCH3 is 2. The first-order valence-electron chi connectivity index (χ1n) is 4.38. The van der Waals surface area contributed by atoms with Crippen LogP contribution in [0.25, 0.3) is 10.2 Å². The molecule has 0 saturated carbocycles. The minimum absolute atomic E-state index is 0.345. The molecule has 16 heavy (non-hydrogen) atoms. The van der Waals surface area contributed by atoms with E-state index < -0.39 is 5.97 Å². The summed E-state index contributed by atoms with van der Waals surface area (Å²) in [6.45, 7) is 0. The Bertz CT molecular complexity index is 552. The SMILES string of the molecule is COC(=O)c1nc2cc(Br)c(OC)cc2s1. The predicted octanol–water partition coefficient (Wildman–Crippen LogP) is 2.85. The number of ether oxygens (including phenoxy) is 2. The van der Waals surface area contributed by atoms with Gasteiger partial charge in [0.15, 0.2) is 0 Å². The lowest BCUT2D eigenvalue weighted by atomic mass is 10.3. The van der Waals surface area contributed by atoms with Crippen molar-refractivity contribution >= 4 is 43.5 Å². The standard InChI is InChI=1S/C10H8BrNO3S/c1-14-7-4-8-6(3-5(7)11)12-9(16-8)10(13)15-2/h3-4H,1-2H3. The average Bonchev–Trinajstić information content (AvgIpc) is 2.69. The van der Waals surface area contributed by atoms with Gasteiger partial charge in [0.2, 0.25) is 5.01 Å². The van der Waals surface area contributed by atoms with Gasteiger partial charge in [-0.25, -0.2) is 9.78 Å². The lowest BCUT2D eigenvalue weighted by molar-refractivity contribution is 0.0600. The van der Waals surface area contributed by atoms with Crippen molar-refractivity contribution in [2.75, 3.05) is 14.2 Å². The minimum Gasteiger partial charge on any atom is -0.496 e. The van der Waals surface area contributed by atoms with Crippen molar-refractivity contribution in [3.05, 3.63) is 21.6 Å². The van der Waals surface area contributed by atoms with Gasteiger partial charge in [-0.1, -0.05) is 0 Å². The van der Waals surface area contributed by atoms with Gasteiger partial charge in [0.25, 0.3) is 0 Å². The molecule has 2 rings (SSSR count). The number of carbonyl (C=O) groups is 1. The van der Waals surface area contributed by atoms with Gasteiger partial charge in [0, 0.05) is 6.07 Å². The number of nitrogens with zero attached hydrogens (tertiary/aromatic N) is 1. The third kappa shape index (κ3) is 1.90. The van der Waals surface area contributed by atoms with Crippen LogP contribution in [0.4, 0.5) is 0 Å². The lowest BCUT2D eigenvalue weighted by Crippen LogP contribution is -1.99. The van der Waals surface area contributed by atoms with Crippen LogP contribution in [0.15, 0.2) is 16.6 Å². The van der Waals surface area contributed by atoms with Gasteiger partial charge in [-0.05, 0) is 22.0 Å². The second-order valence-electron chi connectivity index (χ2n) is 2.97. The highest BCUT2D eigenvalue weighted by atomic mass is 79.9. The van der Waals surface area contributed by atoms with E-state index >= 15 is 0 Å². The number of benzene rings is 1. The molecule has 6 heteroatoms. The van der Waals surface area contributed by atoms with Gasteiger partial charge in [-0.15, -0.1) is 11.3 Å². The zero-order valence-corrected chi connectivity index (χ0v) is 11.0. The molecule has 0 radical (unpaired) electrons. The van der Waals surface area contributed by atoms with Crippen LogP contribution in [-0.4, -0.2) is 25.2 Å². The fraction of sp³-hybridized carbons (Fsp3) is 0.200. The Morgan fingerprint density at radius 3 is 2.81 bits per heavy atom. The first-order chi connectivity index (χ1) is 7.65. The molecule has 0 aliphatic heterocycles. The summed E-state index contributed by atoms with van der Waals surface area (Å²) in [5.41, 5.74) is 0.748. The van der Waals surface area contributed by atoms with Gasteiger partial charge < -0.3 is 9.47 Å². The normalized spacial score (nSPS) is 10.4. The van der Waals surface area contributed by atoms with Crippen LogP contribution in [0, 0.1) is 0 Å². The van der Waals surface area contributed by atoms with E-state index in [0.717, 1.165) is 14.7 Å². The molecule has 1 heterocycles. The molecule has 0 bridgehead atoms. The largest absolute Gasteiger partial charge is 0.496 e. The van der Waals surface area contributed by atoms with Crippen molar-refractivity contribution in [3.63, 3.8) is 0 Å². The van der Waals surface area contributed by atoms with Crippen molar-refractivity contribution in [3.8, 4) is 5.75 Å². The summed E-state index contributed by atoms with van der Waals surface area (Å²) in [7, 11) is 2.93. The summed E-state index contributed by atoms with van der Waals surface area (Å²) in [5.74, 6) is 0.295. The van der Waals surface area contributed by atoms with Crippen LogP contribution in [0.2, 0.25) is 0 Å². The smallest absolute Gasteiger partial charge is 0.367 e. The second kappa shape index (κ2) is 4.39. The van der Waals surface area contributed by atoms with E-state index in [4.69, 9.17) is 4.74 Å². The summed E-state index contributed by atoms with van der Waals surface area (Å²) in [5, 5.41) is 0.345. The number of rotatable bonds is 2. The molecular weight excluding hydrogens is 294 g/mol. The molecule has 0 aliphatic carbocycles. The summed E-state index contributed by atoms with van der Waals surface area (Å²) >= 11 is 4.65. The lowest BCUT2D eigenvalue weighted by Gasteiger charge is -2.01. The molecular formula is C10H8BrNO3S.